The lowest BCUT2D eigenvalue weighted by Crippen LogP contribution is -2.33. The summed E-state index contributed by atoms with van der Waals surface area (Å²) in [6.45, 7) is 9.30. The van der Waals surface area contributed by atoms with E-state index in [0.29, 0.717) is 18.1 Å². The van der Waals surface area contributed by atoms with Gasteiger partial charge in [0.05, 0.1) is 28.5 Å². The Morgan fingerprint density at radius 2 is 2.37 bits per heavy atom. The number of hydrogen-bond acceptors (Lipinski definition) is 3. The minimum atomic E-state index is 0.306. The van der Waals surface area contributed by atoms with Gasteiger partial charge in [-0.2, -0.15) is 5.10 Å². The van der Waals surface area contributed by atoms with Crippen molar-refractivity contribution >= 4 is 15.9 Å². The number of hydrogen-bond donors (Lipinski definition) is 1. The largest absolute Gasteiger partial charge is 0.378 e. The van der Waals surface area contributed by atoms with Crippen molar-refractivity contribution in [1.82, 2.24) is 15.1 Å². The Kier molecular flexibility index (Phi) is 5.42. The molecule has 0 amide bonds. The number of aryl methyl sites for hydroxylation is 1. The lowest BCUT2D eigenvalue weighted by atomic mass is 9.91. The van der Waals surface area contributed by atoms with Crippen LogP contribution >= 0.6 is 15.9 Å². The van der Waals surface area contributed by atoms with E-state index in [0.717, 1.165) is 37.0 Å². The van der Waals surface area contributed by atoms with Crippen molar-refractivity contribution in [3.63, 3.8) is 0 Å². The molecule has 0 aliphatic carbocycles. The highest BCUT2D eigenvalue weighted by molar-refractivity contribution is 9.10. The first-order chi connectivity index (χ1) is 9.19. The van der Waals surface area contributed by atoms with Crippen LogP contribution in [0.4, 0.5) is 0 Å². The monoisotopic (exact) mass is 329 g/mol. The SMILES string of the molecule is CCCn1ncc(Br)c1C(NCC)C1CCOC1C. The highest BCUT2D eigenvalue weighted by Crippen LogP contribution is 2.36. The summed E-state index contributed by atoms with van der Waals surface area (Å²) in [4.78, 5) is 0. The molecule has 108 valence electrons. The van der Waals surface area contributed by atoms with Crippen LogP contribution in [0.5, 0.6) is 0 Å². The minimum Gasteiger partial charge on any atom is -0.378 e. The molecule has 4 nitrogen and oxygen atoms in total. The first-order valence-corrected chi connectivity index (χ1v) is 8.04. The molecule has 0 radical (unpaired) electrons. The van der Waals surface area contributed by atoms with E-state index in [1.165, 1.54) is 5.69 Å². The van der Waals surface area contributed by atoms with E-state index < -0.39 is 0 Å². The summed E-state index contributed by atoms with van der Waals surface area (Å²) in [5.74, 6) is 0.517. The van der Waals surface area contributed by atoms with Crippen molar-refractivity contribution < 1.29 is 4.74 Å². The second kappa shape index (κ2) is 6.86. The molecule has 19 heavy (non-hydrogen) atoms. The van der Waals surface area contributed by atoms with Crippen LogP contribution in [0.1, 0.15) is 45.3 Å². The third-order valence-corrected chi connectivity index (χ3v) is 4.46. The number of aromatic nitrogens is 2. The quantitative estimate of drug-likeness (QED) is 0.871. The maximum Gasteiger partial charge on any atom is 0.0699 e. The molecule has 1 aliphatic rings. The first kappa shape index (κ1) is 15.0. The first-order valence-electron chi connectivity index (χ1n) is 7.25. The fourth-order valence-electron chi connectivity index (χ4n) is 2.93. The van der Waals surface area contributed by atoms with Gasteiger partial charge in [0.25, 0.3) is 0 Å². The molecule has 1 saturated heterocycles. The van der Waals surface area contributed by atoms with Gasteiger partial charge in [-0.05, 0) is 42.2 Å². The van der Waals surface area contributed by atoms with Gasteiger partial charge in [-0.3, -0.25) is 4.68 Å². The Bertz CT molecular complexity index is 407. The minimum absolute atomic E-state index is 0.306. The molecule has 1 aromatic heterocycles. The van der Waals surface area contributed by atoms with E-state index in [4.69, 9.17) is 4.74 Å². The van der Waals surface area contributed by atoms with Gasteiger partial charge in [-0.25, -0.2) is 0 Å². The van der Waals surface area contributed by atoms with E-state index in [1.807, 2.05) is 6.20 Å². The number of nitrogens with zero attached hydrogens (tertiary/aromatic N) is 2. The van der Waals surface area contributed by atoms with Gasteiger partial charge in [0, 0.05) is 19.1 Å². The van der Waals surface area contributed by atoms with Crippen molar-refractivity contribution in [2.45, 2.75) is 52.3 Å². The van der Waals surface area contributed by atoms with Gasteiger partial charge in [-0.15, -0.1) is 0 Å². The van der Waals surface area contributed by atoms with Gasteiger partial charge < -0.3 is 10.1 Å². The molecule has 1 fully saturated rings. The van der Waals surface area contributed by atoms with E-state index >= 15 is 0 Å². The third kappa shape index (κ3) is 3.20. The number of rotatable bonds is 6. The molecule has 2 rings (SSSR count). The summed E-state index contributed by atoms with van der Waals surface area (Å²) in [5, 5.41) is 8.12. The number of nitrogens with one attached hydrogen (secondary N) is 1. The highest BCUT2D eigenvalue weighted by Gasteiger charge is 2.35. The van der Waals surface area contributed by atoms with Crippen LogP contribution in [0.2, 0.25) is 0 Å². The van der Waals surface area contributed by atoms with Crippen molar-refractivity contribution in [3.05, 3.63) is 16.4 Å². The molecular formula is C14H24BrN3O. The molecule has 0 aromatic carbocycles. The van der Waals surface area contributed by atoms with Gasteiger partial charge >= 0.3 is 0 Å². The Morgan fingerprint density at radius 1 is 1.58 bits per heavy atom. The van der Waals surface area contributed by atoms with Gasteiger partial charge in [0.1, 0.15) is 0 Å². The summed E-state index contributed by atoms with van der Waals surface area (Å²) in [6, 6.07) is 0.311. The zero-order valence-electron chi connectivity index (χ0n) is 12.0. The average Bonchev–Trinajstić information content (AvgIpc) is 2.95. The van der Waals surface area contributed by atoms with Crippen molar-refractivity contribution in [3.8, 4) is 0 Å². The molecule has 3 unspecified atom stereocenters. The Morgan fingerprint density at radius 3 is 2.95 bits per heavy atom. The fraction of sp³-hybridized carbons (Fsp3) is 0.786. The lowest BCUT2D eigenvalue weighted by Gasteiger charge is -2.27. The average molecular weight is 330 g/mol. The van der Waals surface area contributed by atoms with Crippen molar-refractivity contribution in [1.29, 1.82) is 0 Å². The maximum absolute atomic E-state index is 5.75. The summed E-state index contributed by atoms with van der Waals surface area (Å²) >= 11 is 3.66. The zero-order chi connectivity index (χ0) is 13.8. The Labute approximate surface area is 124 Å². The molecule has 2 heterocycles. The third-order valence-electron chi connectivity index (χ3n) is 3.85. The summed E-state index contributed by atoms with van der Waals surface area (Å²) in [5.41, 5.74) is 1.27. The summed E-state index contributed by atoms with van der Waals surface area (Å²) in [7, 11) is 0. The van der Waals surface area contributed by atoms with Gasteiger partial charge in [0.15, 0.2) is 0 Å². The standard InChI is InChI=1S/C14H24BrN3O/c1-4-7-18-14(12(15)9-17-18)13(16-5-2)11-6-8-19-10(11)3/h9-11,13,16H,4-8H2,1-3H3. The maximum atomic E-state index is 5.75. The zero-order valence-corrected chi connectivity index (χ0v) is 13.6. The second-order valence-corrected chi connectivity index (χ2v) is 6.02. The number of halogens is 1. The van der Waals surface area contributed by atoms with E-state index in [2.05, 4.69) is 51.8 Å². The van der Waals surface area contributed by atoms with E-state index in [1.54, 1.807) is 0 Å². The Hall–Kier alpha value is -0.390. The molecule has 5 heteroatoms. The van der Waals surface area contributed by atoms with Crippen LogP contribution in [0.3, 0.4) is 0 Å². The smallest absolute Gasteiger partial charge is 0.0699 e. The van der Waals surface area contributed by atoms with Gasteiger partial charge in [0.2, 0.25) is 0 Å². The molecule has 3 atom stereocenters. The van der Waals surface area contributed by atoms with E-state index in [9.17, 15) is 0 Å². The van der Waals surface area contributed by atoms with Crippen LogP contribution < -0.4 is 5.32 Å². The van der Waals surface area contributed by atoms with Gasteiger partial charge in [-0.1, -0.05) is 13.8 Å². The highest BCUT2D eigenvalue weighted by atomic mass is 79.9. The molecule has 1 aliphatic heterocycles. The van der Waals surface area contributed by atoms with Crippen molar-refractivity contribution in [2.24, 2.45) is 5.92 Å². The molecule has 0 bridgehead atoms. The van der Waals surface area contributed by atoms with Crippen molar-refractivity contribution in [2.75, 3.05) is 13.2 Å². The molecule has 1 aromatic rings. The molecular weight excluding hydrogens is 306 g/mol. The normalized spacial score (nSPS) is 24.8. The number of ether oxygens (including phenoxy) is 1. The second-order valence-electron chi connectivity index (χ2n) is 5.16. The molecule has 0 saturated carbocycles. The lowest BCUT2D eigenvalue weighted by molar-refractivity contribution is 0.0944. The van der Waals surface area contributed by atoms with Crippen LogP contribution in [0.15, 0.2) is 10.7 Å². The topological polar surface area (TPSA) is 39.1 Å². The summed E-state index contributed by atoms with van der Waals surface area (Å²) in [6.07, 6.45) is 4.43. The Balaban J connectivity index is 2.30. The van der Waals surface area contributed by atoms with E-state index in [-0.39, 0.29) is 0 Å². The predicted octanol–water partition coefficient (Wildman–Crippen LogP) is 3.13. The fourth-order valence-corrected chi connectivity index (χ4v) is 3.47. The predicted molar refractivity (Wildman–Crippen MR) is 80.2 cm³/mol. The molecule has 1 N–H and O–H groups in total. The van der Waals surface area contributed by atoms with Crippen LogP contribution in [0, 0.1) is 5.92 Å². The van der Waals surface area contributed by atoms with Crippen LogP contribution in [0.25, 0.3) is 0 Å². The molecule has 0 spiro atoms. The summed E-state index contributed by atoms with van der Waals surface area (Å²) < 4.78 is 8.98. The van der Waals surface area contributed by atoms with Crippen LogP contribution in [-0.4, -0.2) is 29.0 Å². The van der Waals surface area contributed by atoms with Crippen LogP contribution in [-0.2, 0) is 11.3 Å².